The number of ether oxygens (including phenoxy) is 1. The molecule has 6 nitrogen and oxygen atoms in total. The second kappa shape index (κ2) is 5.07. The lowest BCUT2D eigenvalue weighted by Crippen LogP contribution is -2.36. The molecule has 0 spiro atoms. The van der Waals surface area contributed by atoms with Crippen LogP contribution in [0.3, 0.4) is 0 Å². The van der Waals surface area contributed by atoms with Crippen molar-refractivity contribution in [1.82, 2.24) is 5.06 Å². The molecular weight excluding hydrogens is 238 g/mol. The molecule has 1 aliphatic heterocycles. The Morgan fingerprint density at radius 3 is 2.22 bits per heavy atom. The molecule has 1 aromatic carbocycles. The summed E-state index contributed by atoms with van der Waals surface area (Å²) < 4.78 is 4.91. The maximum atomic E-state index is 11.9. The standard InChI is InChI=1S/C12H11NO5/c1-2-17-10(7-14)18-13-11(15)8-5-3-4-6-9(8)12(13)16/h3-7,10H,2H2,1H3. The smallest absolute Gasteiger partial charge is 0.286 e. The summed E-state index contributed by atoms with van der Waals surface area (Å²) in [5.74, 6) is -1.19. The predicted octanol–water partition coefficient (Wildman–Crippen LogP) is 0.776. The quantitative estimate of drug-likeness (QED) is 0.438. The molecular formula is C12H11NO5. The number of aldehydes is 1. The fourth-order valence-corrected chi connectivity index (χ4v) is 1.63. The lowest BCUT2D eigenvalue weighted by atomic mass is 10.1. The van der Waals surface area contributed by atoms with Gasteiger partial charge in [0.2, 0.25) is 6.29 Å². The van der Waals surface area contributed by atoms with E-state index in [1.54, 1.807) is 19.1 Å². The Morgan fingerprint density at radius 1 is 1.22 bits per heavy atom. The van der Waals surface area contributed by atoms with E-state index in [4.69, 9.17) is 9.57 Å². The fourth-order valence-electron chi connectivity index (χ4n) is 1.63. The van der Waals surface area contributed by atoms with Gasteiger partial charge in [0.1, 0.15) is 0 Å². The Morgan fingerprint density at radius 2 is 1.78 bits per heavy atom. The second-order valence-electron chi connectivity index (χ2n) is 3.52. The molecule has 1 aromatic rings. The van der Waals surface area contributed by atoms with E-state index in [2.05, 4.69) is 0 Å². The summed E-state index contributed by atoms with van der Waals surface area (Å²) in [5, 5.41) is 0.555. The zero-order valence-corrected chi connectivity index (χ0v) is 9.66. The Bertz CT molecular complexity index is 464. The van der Waals surface area contributed by atoms with Gasteiger partial charge in [0.15, 0.2) is 6.29 Å². The van der Waals surface area contributed by atoms with Crippen molar-refractivity contribution in [3.05, 3.63) is 35.4 Å². The minimum atomic E-state index is -1.27. The van der Waals surface area contributed by atoms with E-state index in [1.807, 2.05) is 0 Å². The predicted molar refractivity (Wildman–Crippen MR) is 59.5 cm³/mol. The molecule has 0 fully saturated rings. The SMILES string of the molecule is CCOC(C=O)ON1C(=O)c2ccccc2C1=O. The van der Waals surface area contributed by atoms with Crippen molar-refractivity contribution in [1.29, 1.82) is 0 Å². The number of fused-ring (bicyclic) bond motifs is 1. The van der Waals surface area contributed by atoms with Gasteiger partial charge >= 0.3 is 0 Å². The molecule has 0 aromatic heterocycles. The highest BCUT2D eigenvalue weighted by atomic mass is 16.8. The van der Waals surface area contributed by atoms with E-state index < -0.39 is 18.1 Å². The van der Waals surface area contributed by atoms with Crippen molar-refractivity contribution < 1.29 is 24.0 Å². The molecule has 1 heterocycles. The number of imide groups is 1. The number of hydroxylamine groups is 2. The highest BCUT2D eigenvalue weighted by molar-refractivity contribution is 6.20. The highest BCUT2D eigenvalue weighted by Crippen LogP contribution is 2.23. The van der Waals surface area contributed by atoms with Crippen LogP contribution in [0.25, 0.3) is 0 Å². The van der Waals surface area contributed by atoms with Gasteiger partial charge in [-0.1, -0.05) is 12.1 Å². The van der Waals surface area contributed by atoms with Gasteiger partial charge in [-0.2, -0.15) is 0 Å². The van der Waals surface area contributed by atoms with E-state index in [0.717, 1.165) is 0 Å². The van der Waals surface area contributed by atoms with Crippen molar-refractivity contribution in [2.75, 3.05) is 6.61 Å². The largest absolute Gasteiger partial charge is 0.345 e. The van der Waals surface area contributed by atoms with E-state index in [0.29, 0.717) is 11.3 Å². The van der Waals surface area contributed by atoms with Crippen LogP contribution in [0.15, 0.2) is 24.3 Å². The van der Waals surface area contributed by atoms with Gasteiger partial charge < -0.3 is 4.74 Å². The van der Waals surface area contributed by atoms with Crippen molar-refractivity contribution in [2.45, 2.75) is 13.2 Å². The maximum absolute atomic E-state index is 11.9. The van der Waals surface area contributed by atoms with Crippen LogP contribution in [0.1, 0.15) is 27.6 Å². The van der Waals surface area contributed by atoms with Crippen LogP contribution in [0.4, 0.5) is 0 Å². The van der Waals surface area contributed by atoms with Gasteiger partial charge in [0, 0.05) is 6.61 Å². The molecule has 0 radical (unpaired) electrons. The third-order valence-electron chi connectivity index (χ3n) is 2.41. The third kappa shape index (κ3) is 2.03. The molecule has 94 valence electrons. The van der Waals surface area contributed by atoms with Crippen LogP contribution in [0.5, 0.6) is 0 Å². The first kappa shape index (κ1) is 12.4. The number of amides is 2. The van der Waals surface area contributed by atoms with E-state index in [9.17, 15) is 14.4 Å². The van der Waals surface area contributed by atoms with Crippen molar-refractivity contribution in [3.8, 4) is 0 Å². The van der Waals surface area contributed by atoms with Gasteiger partial charge in [-0.3, -0.25) is 14.4 Å². The molecule has 0 saturated heterocycles. The highest BCUT2D eigenvalue weighted by Gasteiger charge is 2.38. The van der Waals surface area contributed by atoms with E-state index >= 15 is 0 Å². The Hall–Kier alpha value is -2.05. The zero-order chi connectivity index (χ0) is 13.1. The van der Waals surface area contributed by atoms with Gasteiger partial charge in [-0.15, -0.1) is 5.06 Å². The summed E-state index contributed by atoms with van der Waals surface area (Å²) in [7, 11) is 0. The average molecular weight is 249 g/mol. The van der Waals surface area contributed by atoms with Crippen LogP contribution < -0.4 is 0 Å². The van der Waals surface area contributed by atoms with Gasteiger partial charge in [-0.05, 0) is 19.1 Å². The Kier molecular flexibility index (Phi) is 3.50. The summed E-state index contributed by atoms with van der Waals surface area (Å²) in [6.07, 6.45) is -0.884. The number of carbonyl (C=O) groups excluding carboxylic acids is 3. The van der Waals surface area contributed by atoms with Crippen LogP contribution in [-0.2, 0) is 14.4 Å². The van der Waals surface area contributed by atoms with E-state index in [1.165, 1.54) is 12.1 Å². The van der Waals surface area contributed by atoms with Crippen molar-refractivity contribution in [2.24, 2.45) is 0 Å². The molecule has 0 bridgehead atoms. The molecule has 0 saturated carbocycles. The van der Waals surface area contributed by atoms with Crippen LogP contribution in [0, 0.1) is 0 Å². The monoisotopic (exact) mass is 249 g/mol. The molecule has 0 N–H and O–H groups in total. The van der Waals surface area contributed by atoms with Crippen molar-refractivity contribution in [3.63, 3.8) is 0 Å². The summed E-state index contributed by atoms with van der Waals surface area (Å²) in [4.78, 5) is 39.4. The first-order valence-electron chi connectivity index (χ1n) is 5.40. The number of nitrogens with zero attached hydrogens (tertiary/aromatic N) is 1. The Labute approximate surface area is 103 Å². The number of benzene rings is 1. The van der Waals surface area contributed by atoms with Gasteiger partial charge in [-0.25, -0.2) is 4.84 Å². The molecule has 0 aliphatic carbocycles. The molecule has 18 heavy (non-hydrogen) atoms. The summed E-state index contributed by atoms with van der Waals surface area (Å²) in [6, 6.07) is 6.34. The molecule has 1 aliphatic rings. The second-order valence-corrected chi connectivity index (χ2v) is 3.52. The number of carbonyl (C=O) groups is 3. The summed E-state index contributed by atoms with van der Waals surface area (Å²) >= 11 is 0. The average Bonchev–Trinajstić information content (AvgIpc) is 2.64. The lowest BCUT2D eigenvalue weighted by molar-refractivity contribution is -0.219. The normalized spacial score (nSPS) is 15.7. The third-order valence-corrected chi connectivity index (χ3v) is 2.41. The molecule has 6 heteroatoms. The van der Waals surface area contributed by atoms with Crippen LogP contribution in [0.2, 0.25) is 0 Å². The number of hydrogen-bond acceptors (Lipinski definition) is 5. The fraction of sp³-hybridized carbons (Fsp3) is 0.250. The molecule has 1 unspecified atom stereocenters. The topological polar surface area (TPSA) is 72.9 Å². The van der Waals surface area contributed by atoms with Crippen molar-refractivity contribution >= 4 is 18.1 Å². The first-order chi connectivity index (χ1) is 8.69. The molecule has 2 amide bonds. The first-order valence-corrected chi connectivity index (χ1v) is 5.40. The van der Waals surface area contributed by atoms with E-state index in [-0.39, 0.29) is 17.7 Å². The number of rotatable bonds is 5. The lowest BCUT2D eigenvalue weighted by Gasteiger charge is -2.17. The summed E-state index contributed by atoms with van der Waals surface area (Å²) in [5.41, 5.74) is 0.507. The van der Waals surface area contributed by atoms with Crippen LogP contribution in [-0.4, -0.2) is 36.1 Å². The molecule has 1 atom stereocenters. The summed E-state index contributed by atoms with van der Waals surface area (Å²) in [6.45, 7) is 1.90. The van der Waals surface area contributed by atoms with Gasteiger partial charge in [0.05, 0.1) is 11.1 Å². The number of hydrogen-bond donors (Lipinski definition) is 0. The Balaban J connectivity index is 2.20. The zero-order valence-electron chi connectivity index (χ0n) is 9.66. The maximum Gasteiger partial charge on any atom is 0.286 e. The minimum Gasteiger partial charge on any atom is -0.345 e. The van der Waals surface area contributed by atoms with Crippen LogP contribution >= 0.6 is 0 Å². The van der Waals surface area contributed by atoms with Gasteiger partial charge in [0.25, 0.3) is 11.8 Å². The molecule has 2 rings (SSSR count). The minimum absolute atomic E-state index is 0.229.